The van der Waals surface area contributed by atoms with Crippen molar-refractivity contribution in [2.45, 2.75) is 57.2 Å². The van der Waals surface area contributed by atoms with Gasteiger partial charge in [-0.15, -0.1) is 0 Å². The van der Waals surface area contributed by atoms with Gasteiger partial charge in [-0.3, -0.25) is 9.59 Å². The number of hydrogen-bond donors (Lipinski definition) is 2. The predicted molar refractivity (Wildman–Crippen MR) is 100 cm³/mol. The average Bonchev–Trinajstić information content (AvgIpc) is 3.03. The van der Waals surface area contributed by atoms with E-state index in [4.69, 9.17) is 4.74 Å². The molecule has 3 atom stereocenters. The highest BCUT2D eigenvalue weighted by atomic mass is 16.5. The molecule has 1 aromatic carbocycles. The Kier molecular flexibility index (Phi) is 3.57. The van der Waals surface area contributed by atoms with E-state index in [0.29, 0.717) is 23.8 Å². The quantitative estimate of drug-likeness (QED) is 0.639. The molecule has 4 saturated carbocycles. The zero-order valence-electron chi connectivity index (χ0n) is 15.5. The first-order valence-electron chi connectivity index (χ1n) is 9.91. The molecule has 2 aromatic rings. The Morgan fingerprint density at radius 3 is 2.59 bits per heavy atom. The first kappa shape index (κ1) is 17.0. The number of ether oxygens (including phenoxy) is 1. The number of H-pyrrole nitrogens is 1. The number of aromatic amines is 1. The number of aliphatic hydroxyl groups is 1. The summed E-state index contributed by atoms with van der Waals surface area (Å²) in [5.41, 5.74) is 0.124. The monoisotopic (exact) mass is 367 g/mol. The lowest BCUT2D eigenvalue weighted by atomic mass is 9.48. The minimum Gasteiger partial charge on any atom is -0.454 e. The molecule has 4 bridgehead atoms. The van der Waals surface area contributed by atoms with Crippen LogP contribution < -0.4 is 0 Å². The Morgan fingerprint density at radius 1 is 1.19 bits per heavy atom. The van der Waals surface area contributed by atoms with Crippen molar-refractivity contribution in [3.63, 3.8) is 0 Å². The van der Waals surface area contributed by atoms with E-state index in [1.807, 2.05) is 24.3 Å². The second-order valence-electron chi connectivity index (χ2n) is 9.13. The number of carbonyl (C=O) groups excluding carboxylic acids is 2. The van der Waals surface area contributed by atoms with E-state index < -0.39 is 17.1 Å². The van der Waals surface area contributed by atoms with Crippen LogP contribution in [0.2, 0.25) is 0 Å². The highest BCUT2D eigenvalue weighted by Crippen LogP contribution is 2.62. The molecular formula is C22H25NO4. The van der Waals surface area contributed by atoms with Crippen molar-refractivity contribution in [2.24, 2.45) is 17.3 Å². The van der Waals surface area contributed by atoms with E-state index in [0.717, 1.165) is 43.0 Å². The molecule has 1 aromatic heterocycles. The van der Waals surface area contributed by atoms with Crippen LogP contribution >= 0.6 is 0 Å². The third-order valence-electron chi connectivity index (χ3n) is 6.97. The van der Waals surface area contributed by atoms with Crippen molar-refractivity contribution in [1.29, 1.82) is 0 Å². The topological polar surface area (TPSA) is 79.4 Å². The predicted octanol–water partition coefficient (Wildman–Crippen LogP) is 3.61. The van der Waals surface area contributed by atoms with Crippen LogP contribution in [-0.4, -0.2) is 33.5 Å². The van der Waals surface area contributed by atoms with Crippen LogP contribution in [0.1, 0.15) is 55.8 Å². The summed E-state index contributed by atoms with van der Waals surface area (Å²) in [6.45, 7) is 1.65. The van der Waals surface area contributed by atoms with Gasteiger partial charge in [-0.05, 0) is 63.4 Å². The number of nitrogens with one attached hydrogen (secondary N) is 1. The van der Waals surface area contributed by atoms with E-state index in [1.165, 1.54) is 0 Å². The molecule has 0 radical (unpaired) electrons. The van der Waals surface area contributed by atoms with Crippen molar-refractivity contribution in [2.75, 3.05) is 0 Å². The van der Waals surface area contributed by atoms with Crippen LogP contribution in [0.25, 0.3) is 10.9 Å². The number of Topliss-reactive ketones (excluding diaryl/α,β-unsaturated/α-hetero) is 1. The lowest BCUT2D eigenvalue weighted by molar-refractivity contribution is -0.197. The van der Waals surface area contributed by atoms with Crippen LogP contribution in [0.5, 0.6) is 0 Å². The number of fused-ring (bicyclic) bond motifs is 1. The second-order valence-corrected chi connectivity index (χ2v) is 9.13. The standard InChI is InChI=1S/C22H25NO4/c1-13(19(24)17-11-23-18-5-3-2-4-16(17)18)27-20(25)21-7-14-6-15(8-21)10-22(26,9-14)12-21/h2-5,11,13-15,23,26H,6-10,12H2,1H3. The van der Waals surface area contributed by atoms with Crippen LogP contribution in [0.15, 0.2) is 30.5 Å². The molecule has 0 saturated heterocycles. The second kappa shape index (κ2) is 5.68. The number of esters is 1. The lowest BCUT2D eigenvalue weighted by Crippen LogP contribution is -2.58. The molecule has 1 heterocycles. The van der Waals surface area contributed by atoms with Gasteiger partial charge in [-0.1, -0.05) is 18.2 Å². The average molecular weight is 367 g/mol. The summed E-state index contributed by atoms with van der Waals surface area (Å²) in [5.74, 6) is 0.326. The van der Waals surface area contributed by atoms with E-state index in [-0.39, 0.29) is 11.8 Å². The minimum absolute atomic E-state index is 0.191. The molecule has 0 aliphatic heterocycles. The lowest BCUT2D eigenvalue weighted by Gasteiger charge is -2.58. The van der Waals surface area contributed by atoms with Crippen molar-refractivity contribution in [3.8, 4) is 0 Å². The van der Waals surface area contributed by atoms with Gasteiger partial charge >= 0.3 is 5.97 Å². The fraction of sp³-hybridized carbons (Fsp3) is 0.545. The maximum atomic E-state index is 13.1. The third-order valence-corrected chi connectivity index (χ3v) is 6.97. The van der Waals surface area contributed by atoms with Gasteiger partial charge in [-0.2, -0.15) is 0 Å². The number of para-hydroxylation sites is 1. The molecule has 6 rings (SSSR count). The Hall–Kier alpha value is -2.14. The zero-order valence-corrected chi connectivity index (χ0v) is 15.5. The summed E-state index contributed by atoms with van der Waals surface area (Å²) in [4.78, 5) is 29.1. The van der Waals surface area contributed by atoms with Gasteiger partial charge < -0.3 is 14.8 Å². The number of benzene rings is 1. The highest BCUT2D eigenvalue weighted by molar-refractivity contribution is 6.10. The molecule has 27 heavy (non-hydrogen) atoms. The van der Waals surface area contributed by atoms with Crippen molar-refractivity contribution < 1.29 is 19.4 Å². The molecule has 5 heteroatoms. The van der Waals surface area contributed by atoms with Crippen molar-refractivity contribution >= 4 is 22.7 Å². The molecule has 5 nitrogen and oxygen atoms in total. The molecule has 4 fully saturated rings. The van der Waals surface area contributed by atoms with Gasteiger partial charge in [0.1, 0.15) is 0 Å². The van der Waals surface area contributed by atoms with E-state index in [1.54, 1.807) is 13.1 Å². The Balaban J connectivity index is 1.36. The summed E-state index contributed by atoms with van der Waals surface area (Å²) in [7, 11) is 0. The highest BCUT2D eigenvalue weighted by Gasteiger charge is 2.61. The Bertz CT molecular complexity index is 915. The van der Waals surface area contributed by atoms with Gasteiger partial charge in [0.05, 0.1) is 11.0 Å². The molecular weight excluding hydrogens is 342 g/mol. The van der Waals surface area contributed by atoms with Crippen LogP contribution in [0.3, 0.4) is 0 Å². The first-order chi connectivity index (χ1) is 12.9. The number of aromatic nitrogens is 1. The molecule has 0 amide bonds. The maximum absolute atomic E-state index is 13.1. The largest absolute Gasteiger partial charge is 0.454 e. The molecule has 4 aliphatic rings. The van der Waals surface area contributed by atoms with Gasteiger partial charge in [0, 0.05) is 22.7 Å². The summed E-state index contributed by atoms with van der Waals surface area (Å²) in [5, 5.41) is 11.7. The number of carbonyl (C=O) groups is 2. The molecule has 4 aliphatic carbocycles. The summed E-state index contributed by atoms with van der Waals surface area (Å²) in [6.07, 6.45) is 5.65. The summed E-state index contributed by atoms with van der Waals surface area (Å²) < 4.78 is 5.70. The van der Waals surface area contributed by atoms with Crippen molar-refractivity contribution in [3.05, 3.63) is 36.0 Å². The smallest absolute Gasteiger partial charge is 0.312 e. The van der Waals surface area contributed by atoms with Gasteiger partial charge in [-0.25, -0.2) is 0 Å². The third kappa shape index (κ3) is 2.63. The number of ketones is 1. The number of rotatable bonds is 4. The van der Waals surface area contributed by atoms with Gasteiger partial charge in [0.2, 0.25) is 5.78 Å². The fourth-order valence-corrected chi connectivity index (χ4v) is 6.29. The molecule has 0 spiro atoms. The fourth-order valence-electron chi connectivity index (χ4n) is 6.29. The van der Waals surface area contributed by atoms with Gasteiger partial charge in [0.25, 0.3) is 0 Å². The summed E-state index contributed by atoms with van der Waals surface area (Å²) in [6, 6.07) is 7.61. The summed E-state index contributed by atoms with van der Waals surface area (Å²) >= 11 is 0. The van der Waals surface area contributed by atoms with Crippen LogP contribution in [0, 0.1) is 17.3 Å². The van der Waals surface area contributed by atoms with Gasteiger partial charge in [0.15, 0.2) is 6.10 Å². The number of hydrogen-bond acceptors (Lipinski definition) is 4. The molecule has 2 N–H and O–H groups in total. The van der Waals surface area contributed by atoms with Crippen LogP contribution in [-0.2, 0) is 9.53 Å². The maximum Gasteiger partial charge on any atom is 0.312 e. The first-order valence-corrected chi connectivity index (χ1v) is 9.91. The zero-order chi connectivity index (χ0) is 18.8. The SMILES string of the molecule is CC(OC(=O)C12CC3CC(CC(O)(C3)C1)C2)C(=O)c1c[nH]c2ccccc12. The minimum atomic E-state index is -0.834. The van der Waals surface area contributed by atoms with E-state index in [9.17, 15) is 14.7 Å². The molecule has 142 valence electrons. The van der Waals surface area contributed by atoms with E-state index in [2.05, 4.69) is 4.98 Å². The Labute approximate surface area is 158 Å². The Morgan fingerprint density at radius 2 is 1.89 bits per heavy atom. The van der Waals surface area contributed by atoms with Crippen LogP contribution in [0.4, 0.5) is 0 Å². The molecule has 3 unspecified atom stereocenters. The van der Waals surface area contributed by atoms with E-state index >= 15 is 0 Å². The normalized spacial score (nSPS) is 35.3. The van der Waals surface area contributed by atoms with Crippen molar-refractivity contribution in [1.82, 2.24) is 4.98 Å².